The monoisotopic (exact) mass is 277 g/mol. The minimum absolute atomic E-state index is 0.247. The van der Waals surface area contributed by atoms with Gasteiger partial charge in [-0.05, 0) is 51.0 Å². The smallest absolute Gasteiger partial charge is 0.0371 e. The van der Waals surface area contributed by atoms with E-state index in [1.807, 2.05) is 0 Å². The number of aryl methyl sites for hydroxylation is 1. The van der Waals surface area contributed by atoms with E-state index in [9.17, 15) is 0 Å². The molecule has 0 aromatic heterocycles. The van der Waals surface area contributed by atoms with Crippen molar-refractivity contribution < 1.29 is 0 Å². The average molecular weight is 277 g/mol. The minimum Gasteiger partial charge on any atom is -0.383 e. The maximum Gasteiger partial charge on any atom is 0.0371 e. The summed E-state index contributed by atoms with van der Waals surface area (Å²) in [6.45, 7) is 11.7. The molecule has 1 atom stereocenters. The minimum atomic E-state index is 0.247. The number of hydrogen-bond donors (Lipinski definition) is 2. The largest absolute Gasteiger partial charge is 0.383 e. The summed E-state index contributed by atoms with van der Waals surface area (Å²) in [5.41, 5.74) is 9.90. The normalized spacial score (nSPS) is 12.2. The molecule has 1 unspecified atom stereocenters. The molecule has 114 valence electrons. The SMILES string of the molecule is CCCCC(N)CNc1ccc(N(CC)CC)cc1C. The number of benzene rings is 1. The van der Waals surface area contributed by atoms with Crippen LogP contribution in [-0.4, -0.2) is 25.7 Å². The van der Waals surface area contributed by atoms with Crippen molar-refractivity contribution >= 4 is 11.4 Å². The molecule has 0 saturated heterocycles. The zero-order valence-electron chi connectivity index (χ0n) is 13.6. The molecule has 0 saturated carbocycles. The van der Waals surface area contributed by atoms with Gasteiger partial charge in [-0.15, -0.1) is 0 Å². The molecule has 1 rings (SSSR count). The fraction of sp³-hybridized carbons (Fsp3) is 0.647. The van der Waals surface area contributed by atoms with Crippen LogP contribution >= 0.6 is 0 Å². The second kappa shape index (κ2) is 8.85. The Morgan fingerprint density at radius 1 is 1.20 bits per heavy atom. The summed E-state index contributed by atoms with van der Waals surface area (Å²) in [5.74, 6) is 0. The Balaban J connectivity index is 2.59. The molecule has 3 nitrogen and oxygen atoms in total. The lowest BCUT2D eigenvalue weighted by molar-refractivity contribution is 0.596. The third-order valence-electron chi connectivity index (χ3n) is 3.82. The molecule has 0 radical (unpaired) electrons. The van der Waals surface area contributed by atoms with Crippen molar-refractivity contribution in [2.24, 2.45) is 5.73 Å². The number of unbranched alkanes of at least 4 members (excludes halogenated alkanes) is 1. The molecule has 0 amide bonds. The van der Waals surface area contributed by atoms with Crippen molar-refractivity contribution in [2.45, 2.75) is 53.0 Å². The van der Waals surface area contributed by atoms with Crippen LogP contribution < -0.4 is 16.0 Å². The van der Waals surface area contributed by atoms with Crippen molar-refractivity contribution in [1.82, 2.24) is 0 Å². The highest BCUT2D eigenvalue weighted by Gasteiger charge is 2.06. The van der Waals surface area contributed by atoms with E-state index in [1.165, 1.54) is 29.8 Å². The Labute approximate surface area is 124 Å². The van der Waals surface area contributed by atoms with Crippen molar-refractivity contribution in [3.05, 3.63) is 23.8 Å². The van der Waals surface area contributed by atoms with Gasteiger partial charge in [0.2, 0.25) is 0 Å². The van der Waals surface area contributed by atoms with Gasteiger partial charge in [0.1, 0.15) is 0 Å². The molecule has 20 heavy (non-hydrogen) atoms. The molecular weight excluding hydrogens is 246 g/mol. The van der Waals surface area contributed by atoms with Gasteiger partial charge in [0, 0.05) is 37.1 Å². The first kappa shape index (κ1) is 16.8. The predicted octanol–water partition coefficient (Wildman–Crippen LogP) is 3.77. The molecule has 0 aliphatic rings. The third kappa shape index (κ3) is 5.04. The van der Waals surface area contributed by atoms with E-state index in [4.69, 9.17) is 5.73 Å². The van der Waals surface area contributed by atoms with Gasteiger partial charge >= 0.3 is 0 Å². The van der Waals surface area contributed by atoms with Gasteiger partial charge < -0.3 is 16.0 Å². The highest BCUT2D eigenvalue weighted by molar-refractivity contribution is 5.60. The summed E-state index contributed by atoms with van der Waals surface area (Å²) in [7, 11) is 0. The maximum atomic E-state index is 6.11. The van der Waals surface area contributed by atoms with Gasteiger partial charge in [0.05, 0.1) is 0 Å². The van der Waals surface area contributed by atoms with E-state index in [0.717, 1.165) is 26.1 Å². The number of nitrogens with two attached hydrogens (primary N) is 1. The van der Waals surface area contributed by atoms with Crippen LogP contribution in [-0.2, 0) is 0 Å². The fourth-order valence-corrected chi connectivity index (χ4v) is 2.44. The molecule has 0 bridgehead atoms. The van der Waals surface area contributed by atoms with Crippen LogP contribution in [0, 0.1) is 6.92 Å². The van der Waals surface area contributed by atoms with Crippen LogP contribution in [0.15, 0.2) is 18.2 Å². The Morgan fingerprint density at radius 3 is 2.45 bits per heavy atom. The van der Waals surface area contributed by atoms with Crippen molar-refractivity contribution in [3.63, 3.8) is 0 Å². The number of hydrogen-bond acceptors (Lipinski definition) is 3. The Bertz CT molecular complexity index is 386. The van der Waals surface area contributed by atoms with E-state index < -0.39 is 0 Å². The van der Waals surface area contributed by atoms with Gasteiger partial charge in [-0.2, -0.15) is 0 Å². The lowest BCUT2D eigenvalue weighted by Crippen LogP contribution is -2.29. The van der Waals surface area contributed by atoms with Gasteiger partial charge in [-0.3, -0.25) is 0 Å². The second-order valence-corrected chi connectivity index (χ2v) is 5.45. The van der Waals surface area contributed by atoms with Crippen LogP contribution in [0.3, 0.4) is 0 Å². The van der Waals surface area contributed by atoms with Crippen molar-refractivity contribution in [1.29, 1.82) is 0 Å². The van der Waals surface area contributed by atoms with E-state index >= 15 is 0 Å². The number of nitrogens with one attached hydrogen (secondary N) is 1. The summed E-state index contributed by atoms with van der Waals surface area (Å²) >= 11 is 0. The molecule has 3 heteroatoms. The molecule has 0 aliphatic carbocycles. The summed E-state index contributed by atoms with van der Waals surface area (Å²) in [5, 5.41) is 3.48. The molecule has 0 spiro atoms. The quantitative estimate of drug-likeness (QED) is 0.722. The number of rotatable bonds is 9. The summed E-state index contributed by atoms with van der Waals surface area (Å²) in [4.78, 5) is 2.36. The maximum absolute atomic E-state index is 6.11. The summed E-state index contributed by atoms with van der Waals surface area (Å²) in [6.07, 6.45) is 3.52. The summed E-state index contributed by atoms with van der Waals surface area (Å²) in [6, 6.07) is 6.87. The van der Waals surface area contributed by atoms with E-state index in [2.05, 4.69) is 56.1 Å². The fourth-order valence-electron chi connectivity index (χ4n) is 2.44. The average Bonchev–Trinajstić information content (AvgIpc) is 2.45. The number of anilines is 2. The van der Waals surface area contributed by atoms with E-state index in [-0.39, 0.29) is 6.04 Å². The lowest BCUT2D eigenvalue weighted by atomic mass is 10.1. The Kier molecular flexibility index (Phi) is 7.45. The molecule has 1 aromatic carbocycles. The van der Waals surface area contributed by atoms with Gasteiger partial charge in [0.15, 0.2) is 0 Å². The van der Waals surface area contributed by atoms with Gasteiger partial charge in [0.25, 0.3) is 0 Å². The Hall–Kier alpha value is -1.22. The Morgan fingerprint density at radius 2 is 1.90 bits per heavy atom. The third-order valence-corrected chi connectivity index (χ3v) is 3.82. The number of nitrogens with zero attached hydrogens (tertiary/aromatic N) is 1. The molecular formula is C17H31N3. The zero-order valence-corrected chi connectivity index (χ0v) is 13.6. The molecule has 3 N–H and O–H groups in total. The lowest BCUT2D eigenvalue weighted by Gasteiger charge is -2.22. The highest BCUT2D eigenvalue weighted by Crippen LogP contribution is 2.22. The predicted molar refractivity (Wildman–Crippen MR) is 90.7 cm³/mol. The van der Waals surface area contributed by atoms with Crippen LogP contribution in [0.2, 0.25) is 0 Å². The van der Waals surface area contributed by atoms with Crippen molar-refractivity contribution in [3.8, 4) is 0 Å². The van der Waals surface area contributed by atoms with E-state index in [0.29, 0.717) is 0 Å². The topological polar surface area (TPSA) is 41.3 Å². The first-order valence-electron chi connectivity index (χ1n) is 7.97. The zero-order chi connectivity index (χ0) is 15.0. The van der Waals surface area contributed by atoms with Crippen LogP contribution in [0.4, 0.5) is 11.4 Å². The van der Waals surface area contributed by atoms with Crippen LogP contribution in [0.5, 0.6) is 0 Å². The molecule has 0 aliphatic heterocycles. The van der Waals surface area contributed by atoms with Gasteiger partial charge in [-0.25, -0.2) is 0 Å². The molecule has 0 heterocycles. The summed E-state index contributed by atoms with van der Waals surface area (Å²) < 4.78 is 0. The molecule has 0 fully saturated rings. The van der Waals surface area contributed by atoms with Crippen LogP contribution in [0.1, 0.15) is 45.6 Å². The second-order valence-electron chi connectivity index (χ2n) is 5.45. The van der Waals surface area contributed by atoms with Crippen molar-refractivity contribution in [2.75, 3.05) is 29.9 Å². The van der Waals surface area contributed by atoms with Gasteiger partial charge in [-0.1, -0.05) is 19.8 Å². The van der Waals surface area contributed by atoms with E-state index in [1.54, 1.807) is 0 Å². The first-order valence-corrected chi connectivity index (χ1v) is 7.97. The highest BCUT2D eigenvalue weighted by atomic mass is 15.1. The van der Waals surface area contributed by atoms with Crippen LogP contribution in [0.25, 0.3) is 0 Å². The molecule has 1 aromatic rings. The standard InChI is InChI=1S/C17H31N3/c1-5-8-9-15(18)13-19-17-11-10-16(12-14(17)4)20(6-2)7-3/h10-12,15,19H,5-9,13,18H2,1-4H3. The first-order chi connectivity index (χ1) is 9.62.